The minimum absolute atomic E-state index is 0.125. The summed E-state index contributed by atoms with van der Waals surface area (Å²) in [6.07, 6.45) is 3.31. The third-order valence-corrected chi connectivity index (χ3v) is 5.98. The molecule has 24 heavy (non-hydrogen) atoms. The van der Waals surface area contributed by atoms with Crippen LogP contribution in [0.4, 0.5) is 0 Å². The Kier molecular flexibility index (Phi) is 4.23. The SMILES string of the molecule is COc1cc(C(C)C)c(OC)c2c1C1(C)CCC(=O)C(C)=C1CC2. The fraction of sp³-hybridized carbons (Fsp3) is 0.571. The molecule has 0 radical (unpaired) electrons. The molecule has 3 heteroatoms. The molecule has 0 aliphatic heterocycles. The molecule has 1 atom stereocenters. The van der Waals surface area contributed by atoms with Crippen molar-refractivity contribution in [1.82, 2.24) is 0 Å². The summed E-state index contributed by atoms with van der Waals surface area (Å²) in [6.45, 7) is 8.63. The Bertz CT molecular complexity index is 727. The fourth-order valence-corrected chi connectivity index (χ4v) is 4.66. The molecule has 1 unspecified atom stereocenters. The van der Waals surface area contributed by atoms with Crippen LogP contribution < -0.4 is 9.47 Å². The average Bonchev–Trinajstić information content (AvgIpc) is 2.56. The Balaban J connectivity index is 2.33. The molecule has 0 saturated heterocycles. The van der Waals surface area contributed by atoms with Crippen molar-refractivity contribution in [2.24, 2.45) is 0 Å². The Labute approximate surface area is 145 Å². The standard InChI is InChI=1S/C21H28O3/c1-12(2)15-11-18(23-5)19-14(20(15)24-6)7-8-16-13(3)17(22)9-10-21(16,19)4/h11-12H,7-10H2,1-6H3. The van der Waals surface area contributed by atoms with Gasteiger partial charge in [0.15, 0.2) is 5.78 Å². The number of rotatable bonds is 3. The normalized spacial score (nSPS) is 23.2. The molecule has 0 heterocycles. The first-order chi connectivity index (χ1) is 11.3. The smallest absolute Gasteiger partial charge is 0.158 e. The predicted octanol–water partition coefficient (Wildman–Crippen LogP) is 4.71. The highest BCUT2D eigenvalue weighted by atomic mass is 16.5. The second-order valence-corrected chi connectivity index (χ2v) is 7.57. The quantitative estimate of drug-likeness (QED) is 0.806. The van der Waals surface area contributed by atoms with Crippen molar-refractivity contribution in [3.63, 3.8) is 0 Å². The number of hydrogen-bond donors (Lipinski definition) is 0. The monoisotopic (exact) mass is 328 g/mol. The number of ketones is 1. The molecular weight excluding hydrogens is 300 g/mol. The van der Waals surface area contributed by atoms with Crippen LogP contribution in [0.15, 0.2) is 17.2 Å². The zero-order chi connectivity index (χ0) is 17.6. The molecule has 0 spiro atoms. The van der Waals surface area contributed by atoms with E-state index < -0.39 is 0 Å². The number of allylic oxidation sites excluding steroid dienone is 2. The number of methoxy groups -OCH3 is 2. The Morgan fingerprint density at radius 2 is 1.83 bits per heavy atom. The molecule has 1 aromatic rings. The van der Waals surface area contributed by atoms with E-state index in [1.807, 2.05) is 6.92 Å². The second kappa shape index (κ2) is 5.94. The zero-order valence-corrected chi connectivity index (χ0v) is 15.7. The fourth-order valence-electron chi connectivity index (χ4n) is 4.66. The molecule has 0 bridgehead atoms. The Hall–Kier alpha value is -1.77. The largest absolute Gasteiger partial charge is 0.496 e. The summed E-state index contributed by atoms with van der Waals surface area (Å²) in [4.78, 5) is 12.2. The van der Waals surface area contributed by atoms with Crippen molar-refractivity contribution in [1.29, 1.82) is 0 Å². The number of ether oxygens (including phenoxy) is 2. The van der Waals surface area contributed by atoms with E-state index in [1.54, 1.807) is 14.2 Å². The van der Waals surface area contributed by atoms with Gasteiger partial charge in [-0.05, 0) is 43.7 Å². The van der Waals surface area contributed by atoms with Crippen LogP contribution in [0, 0.1) is 0 Å². The maximum absolute atomic E-state index is 12.2. The molecule has 2 aliphatic rings. The van der Waals surface area contributed by atoms with Crippen molar-refractivity contribution in [2.75, 3.05) is 14.2 Å². The average molecular weight is 328 g/mol. The van der Waals surface area contributed by atoms with Crippen molar-refractivity contribution in [3.8, 4) is 11.5 Å². The van der Waals surface area contributed by atoms with E-state index in [0.717, 1.165) is 36.3 Å². The van der Waals surface area contributed by atoms with Gasteiger partial charge in [0.2, 0.25) is 0 Å². The summed E-state index contributed by atoms with van der Waals surface area (Å²) >= 11 is 0. The van der Waals surface area contributed by atoms with Crippen LogP contribution in [0.2, 0.25) is 0 Å². The summed E-state index contributed by atoms with van der Waals surface area (Å²) in [5.41, 5.74) is 5.84. The van der Waals surface area contributed by atoms with Crippen molar-refractivity contribution >= 4 is 5.78 Å². The highest BCUT2D eigenvalue weighted by Crippen LogP contribution is 2.54. The third-order valence-electron chi connectivity index (χ3n) is 5.98. The minimum Gasteiger partial charge on any atom is -0.496 e. The number of benzene rings is 1. The predicted molar refractivity (Wildman–Crippen MR) is 96.2 cm³/mol. The molecule has 3 rings (SSSR count). The maximum Gasteiger partial charge on any atom is 0.158 e. The van der Waals surface area contributed by atoms with Gasteiger partial charge in [-0.3, -0.25) is 4.79 Å². The van der Waals surface area contributed by atoms with Crippen LogP contribution in [0.25, 0.3) is 0 Å². The van der Waals surface area contributed by atoms with Crippen molar-refractivity contribution in [3.05, 3.63) is 33.9 Å². The zero-order valence-electron chi connectivity index (χ0n) is 15.7. The van der Waals surface area contributed by atoms with Crippen LogP contribution in [0.5, 0.6) is 11.5 Å². The summed E-state index contributed by atoms with van der Waals surface area (Å²) in [5, 5.41) is 0. The van der Waals surface area contributed by atoms with Crippen molar-refractivity contribution < 1.29 is 14.3 Å². The van der Waals surface area contributed by atoms with Crippen LogP contribution in [0.1, 0.15) is 69.6 Å². The topological polar surface area (TPSA) is 35.5 Å². The van der Waals surface area contributed by atoms with Gasteiger partial charge in [-0.25, -0.2) is 0 Å². The first-order valence-corrected chi connectivity index (χ1v) is 8.86. The lowest BCUT2D eigenvalue weighted by Gasteiger charge is -2.44. The van der Waals surface area contributed by atoms with E-state index >= 15 is 0 Å². The Morgan fingerprint density at radius 3 is 2.42 bits per heavy atom. The highest BCUT2D eigenvalue weighted by molar-refractivity contribution is 5.97. The minimum atomic E-state index is -0.125. The van der Waals surface area contributed by atoms with E-state index in [2.05, 4.69) is 26.8 Å². The lowest BCUT2D eigenvalue weighted by Crippen LogP contribution is -2.36. The molecular formula is C21H28O3. The second-order valence-electron chi connectivity index (χ2n) is 7.57. The van der Waals surface area contributed by atoms with Crippen LogP contribution >= 0.6 is 0 Å². The van der Waals surface area contributed by atoms with Gasteiger partial charge in [0.05, 0.1) is 14.2 Å². The van der Waals surface area contributed by atoms with Gasteiger partial charge in [0.1, 0.15) is 11.5 Å². The molecule has 0 fully saturated rings. The highest BCUT2D eigenvalue weighted by Gasteiger charge is 2.44. The van der Waals surface area contributed by atoms with Gasteiger partial charge in [0, 0.05) is 28.5 Å². The van der Waals surface area contributed by atoms with E-state index in [1.165, 1.54) is 22.3 Å². The lowest BCUT2D eigenvalue weighted by molar-refractivity contribution is -0.116. The van der Waals surface area contributed by atoms with Gasteiger partial charge in [-0.15, -0.1) is 0 Å². The van der Waals surface area contributed by atoms with E-state index in [4.69, 9.17) is 9.47 Å². The lowest BCUT2D eigenvalue weighted by atomic mass is 9.60. The number of hydrogen-bond acceptors (Lipinski definition) is 3. The van der Waals surface area contributed by atoms with Gasteiger partial charge in [-0.1, -0.05) is 26.3 Å². The molecule has 0 N–H and O–H groups in total. The molecule has 0 aromatic heterocycles. The summed E-state index contributed by atoms with van der Waals surface area (Å²) in [6, 6.07) is 2.14. The molecule has 0 saturated carbocycles. The van der Waals surface area contributed by atoms with E-state index in [-0.39, 0.29) is 5.41 Å². The first kappa shape index (κ1) is 17.1. The number of Topliss-reactive ketones (excluding diaryl/α,β-unsaturated/α-hetero) is 1. The Morgan fingerprint density at radius 1 is 1.12 bits per heavy atom. The molecule has 3 nitrogen and oxygen atoms in total. The third kappa shape index (κ3) is 2.28. The van der Waals surface area contributed by atoms with Crippen molar-refractivity contribution in [2.45, 2.75) is 64.7 Å². The molecule has 1 aromatic carbocycles. The van der Waals surface area contributed by atoms with Gasteiger partial charge in [0.25, 0.3) is 0 Å². The summed E-state index contributed by atoms with van der Waals surface area (Å²) < 4.78 is 11.7. The first-order valence-electron chi connectivity index (χ1n) is 8.86. The molecule has 130 valence electrons. The molecule has 2 aliphatic carbocycles. The van der Waals surface area contributed by atoms with Crippen LogP contribution in [0.3, 0.4) is 0 Å². The summed E-state index contributed by atoms with van der Waals surface area (Å²) in [5.74, 6) is 2.63. The van der Waals surface area contributed by atoms with Gasteiger partial charge in [-0.2, -0.15) is 0 Å². The number of fused-ring (bicyclic) bond motifs is 3. The van der Waals surface area contributed by atoms with E-state index in [0.29, 0.717) is 18.1 Å². The van der Waals surface area contributed by atoms with Crippen LogP contribution in [-0.4, -0.2) is 20.0 Å². The number of carbonyl (C=O) groups excluding carboxylic acids is 1. The molecule has 0 amide bonds. The number of carbonyl (C=O) groups is 1. The van der Waals surface area contributed by atoms with Crippen LogP contribution in [-0.2, 0) is 16.6 Å². The van der Waals surface area contributed by atoms with E-state index in [9.17, 15) is 4.79 Å². The van der Waals surface area contributed by atoms with Gasteiger partial charge >= 0.3 is 0 Å². The van der Waals surface area contributed by atoms with Gasteiger partial charge < -0.3 is 9.47 Å². The maximum atomic E-state index is 12.2. The summed E-state index contributed by atoms with van der Waals surface area (Å²) in [7, 11) is 3.51.